The quantitative estimate of drug-likeness (QED) is 0.639. The van der Waals surface area contributed by atoms with Crippen LogP contribution in [0.2, 0.25) is 5.02 Å². The predicted octanol–water partition coefficient (Wildman–Crippen LogP) is 2.13. The van der Waals surface area contributed by atoms with Crippen molar-refractivity contribution in [2.24, 2.45) is 0 Å². The van der Waals surface area contributed by atoms with Crippen molar-refractivity contribution < 1.29 is 14.3 Å². The Bertz CT molecular complexity index is 927. The van der Waals surface area contributed by atoms with Gasteiger partial charge in [0, 0.05) is 10.4 Å². The number of amides is 1. The third-order valence-electron chi connectivity index (χ3n) is 3.20. The molecule has 1 aromatic carbocycles. The van der Waals surface area contributed by atoms with E-state index in [1.165, 1.54) is 22.3 Å². The lowest BCUT2D eigenvalue weighted by molar-refractivity contribution is -0.142. The summed E-state index contributed by atoms with van der Waals surface area (Å²) >= 11 is 7.22. The van der Waals surface area contributed by atoms with E-state index < -0.39 is 5.91 Å². The van der Waals surface area contributed by atoms with Crippen molar-refractivity contribution in [2.45, 2.75) is 13.3 Å². The molecule has 0 fully saturated rings. The Morgan fingerprint density at radius 1 is 1.38 bits per heavy atom. The molecule has 0 aliphatic carbocycles. The van der Waals surface area contributed by atoms with Crippen LogP contribution in [0.4, 0.5) is 5.13 Å². The number of carbonyl (C=O) groups is 2. The lowest BCUT2D eigenvalue weighted by Gasteiger charge is -2.08. The first-order chi connectivity index (χ1) is 12.6. The second-order valence-corrected chi connectivity index (χ2v) is 6.29. The average molecular weight is 393 g/mol. The van der Waals surface area contributed by atoms with E-state index in [-0.39, 0.29) is 12.4 Å². The molecule has 2 aromatic heterocycles. The summed E-state index contributed by atoms with van der Waals surface area (Å²) in [5, 5.41) is 16.1. The molecule has 0 aliphatic heterocycles. The van der Waals surface area contributed by atoms with Gasteiger partial charge in [-0.25, -0.2) is 4.98 Å². The van der Waals surface area contributed by atoms with Crippen molar-refractivity contribution in [3.05, 3.63) is 46.2 Å². The Labute approximate surface area is 157 Å². The van der Waals surface area contributed by atoms with Crippen LogP contribution in [-0.4, -0.2) is 43.7 Å². The highest BCUT2D eigenvalue weighted by Crippen LogP contribution is 2.22. The number of rotatable bonds is 6. The molecule has 1 amide bonds. The topological polar surface area (TPSA) is 112 Å². The number of nitrogens with one attached hydrogen (secondary N) is 1. The van der Waals surface area contributed by atoms with E-state index in [2.05, 4.69) is 25.8 Å². The third-order valence-corrected chi connectivity index (χ3v) is 4.24. The number of hydrogen-bond acceptors (Lipinski definition) is 8. The maximum atomic E-state index is 12.6. The van der Waals surface area contributed by atoms with Crippen LogP contribution in [0.15, 0.2) is 29.9 Å². The molecule has 11 heteroatoms. The SMILES string of the molecule is CCOC(=O)Cc1csc(NC(=O)c2ccc(Cl)cc2-n2cnnn2)n1. The molecule has 0 spiro atoms. The van der Waals surface area contributed by atoms with Gasteiger partial charge < -0.3 is 4.74 Å². The van der Waals surface area contributed by atoms with Crippen LogP contribution in [-0.2, 0) is 16.0 Å². The Morgan fingerprint density at radius 3 is 2.96 bits per heavy atom. The van der Waals surface area contributed by atoms with Gasteiger partial charge in [-0.1, -0.05) is 11.6 Å². The number of aromatic nitrogens is 5. The van der Waals surface area contributed by atoms with E-state index in [4.69, 9.17) is 16.3 Å². The molecular formula is C15H13ClN6O3S. The Hall–Kier alpha value is -2.85. The molecule has 1 N–H and O–H groups in total. The van der Waals surface area contributed by atoms with E-state index in [0.29, 0.717) is 33.7 Å². The highest BCUT2D eigenvalue weighted by molar-refractivity contribution is 7.14. The van der Waals surface area contributed by atoms with Crippen molar-refractivity contribution in [1.82, 2.24) is 25.2 Å². The van der Waals surface area contributed by atoms with Gasteiger partial charge in [-0.2, -0.15) is 4.68 Å². The molecule has 0 radical (unpaired) electrons. The molecular weight excluding hydrogens is 380 g/mol. The van der Waals surface area contributed by atoms with Gasteiger partial charge in [-0.05, 0) is 35.5 Å². The molecule has 3 aromatic rings. The first kappa shape index (κ1) is 18.0. The maximum Gasteiger partial charge on any atom is 0.311 e. The average Bonchev–Trinajstić information content (AvgIpc) is 3.27. The summed E-state index contributed by atoms with van der Waals surface area (Å²) in [5.74, 6) is -0.765. The van der Waals surface area contributed by atoms with Crippen molar-refractivity contribution in [1.29, 1.82) is 0 Å². The van der Waals surface area contributed by atoms with Gasteiger partial charge in [0.05, 0.1) is 30.0 Å². The first-order valence-corrected chi connectivity index (χ1v) is 8.77. The highest BCUT2D eigenvalue weighted by atomic mass is 35.5. The summed E-state index contributed by atoms with van der Waals surface area (Å²) in [6.45, 7) is 2.04. The molecule has 9 nitrogen and oxygen atoms in total. The Morgan fingerprint density at radius 2 is 2.23 bits per heavy atom. The fraction of sp³-hybridized carbons (Fsp3) is 0.200. The van der Waals surface area contributed by atoms with Crippen LogP contribution in [0.5, 0.6) is 0 Å². The molecule has 0 saturated carbocycles. The van der Waals surface area contributed by atoms with Gasteiger partial charge in [-0.3, -0.25) is 14.9 Å². The number of carbonyl (C=O) groups excluding carboxylic acids is 2. The monoisotopic (exact) mass is 392 g/mol. The number of tetrazole rings is 1. The fourth-order valence-corrected chi connectivity index (χ4v) is 3.00. The van der Waals surface area contributed by atoms with E-state index in [0.717, 1.165) is 0 Å². The number of esters is 1. The second-order valence-electron chi connectivity index (χ2n) is 5.00. The number of halogens is 1. The number of hydrogen-bond donors (Lipinski definition) is 1. The zero-order valence-corrected chi connectivity index (χ0v) is 15.1. The number of thiazole rings is 1. The zero-order chi connectivity index (χ0) is 18.5. The van der Waals surface area contributed by atoms with Crippen molar-refractivity contribution in [3.8, 4) is 5.69 Å². The summed E-state index contributed by atoms with van der Waals surface area (Å²) in [6, 6.07) is 4.75. The van der Waals surface area contributed by atoms with Gasteiger partial charge in [0.25, 0.3) is 5.91 Å². The van der Waals surface area contributed by atoms with Crippen molar-refractivity contribution in [3.63, 3.8) is 0 Å². The third kappa shape index (κ3) is 4.21. The normalized spacial score (nSPS) is 10.5. The standard InChI is InChI=1S/C15H13ClN6O3S/c1-2-25-13(23)6-10-7-26-15(18-10)19-14(24)11-4-3-9(16)5-12(11)22-8-17-20-21-22/h3-5,7-8H,2,6H2,1H3,(H,18,19,24). The van der Waals surface area contributed by atoms with Crippen molar-refractivity contribution >= 4 is 39.9 Å². The summed E-state index contributed by atoms with van der Waals surface area (Å²) in [5.41, 5.74) is 1.28. The Kier molecular flexibility index (Phi) is 5.54. The minimum Gasteiger partial charge on any atom is -0.466 e. The largest absolute Gasteiger partial charge is 0.466 e. The van der Waals surface area contributed by atoms with Gasteiger partial charge in [0.2, 0.25) is 0 Å². The van der Waals surface area contributed by atoms with Gasteiger partial charge >= 0.3 is 5.97 Å². The summed E-state index contributed by atoms with van der Waals surface area (Å²) in [4.78, 5) is 28.3. The molecule has 0 bridgehead atoms. The minimum absolute atomic E-state index is 0.0526. The fourth-order valence-electron chi connectivity index (χ4n) is 2.13. The summed E-state index contributed by atoms with van der Waals surface area (Å²) in [6.07, 6.45) is 1.42. The molecule has 26 heavy (non-hydrogen) atoms. The van der Waals surface area contributed by atoms with Crippen LogP contribution in [0.3, 0.4) is 0 Å². The molecule has 2 heterocycles. The first-order valence-electron chi connectivity index (χ1n) is 7.51. The number of anilines is 1. The van der Waals surface area contributed by atoms with E-state index >= 15 is 0 Å². The molecule has 0 unspecified atom stereocenters. The zero-order valence-electron chi connectivity index (χ0n) is 13.5. The lowest BCUT2D eigenvalue weighted by atomic mass is 10.1. The summed E-state index contributed by atoms with van der Waals surface area (Å²) in [7, 11) is 0. The van der Waals surface area contributed by atoms with Crippen molar-refractivity contribution in [2.75, 3.05) is 11.9 Å². The molecule has 0 atom stereocenters. The van der Waals surface area contributed by atoms with E-state index in [1.54, 1.807) is 30.5 Å². The lowest BCUT2D eigenvalue weighted by Crippen LogP contribution is -2.15. The number of nitrogens with zero attached hydrogens (tertiary/aromatic N) is 5. The van der Waals surface area contributed by atoms with E-state index in [9.17, 15) is 9.59 Å². The second kappa shape index (κ2) is 8.02. The van der Waals surface area contributed by atoms with Crippen LogP contribution >= 0.6 is 22.9 Å². The molecule has 3 rings (SSSR count). The van der Waals surface area contributed by atoms with E-state index in [1.807, 2.05) is 0 Å². The molecule has 134 valence electrons. The van der Waals surface area contributed by atoms with Gasteiger partial charge in [-0.15, -0.1) is 16.4 Å². The molecule has 0 saturated heterocycles. The van der Waals surface area contributed by atoms with Crippen LogP contribution in [0.1, 0.15) is 23.0 Å². The Balaban J connectivity index is 1.77. The smallest absolute Gasteiger partial charge is 0.311 e. The van der Waals surface area contributed by atoms with Crippen LogP contribution < -0.4 is 5.32 Å². The number of benzene rings is 1. The minimum atomic E-state index is -0.399. The van der Waals surface area contributed by atoms with Crippen LogP contribution in [0.25, 0.3) is 5.69 Å². The number of ether oxygens (including phenoxy) is 1. The molecule has 0 aliphatic rings. The van der Waals surface area contributed by atoms with Gasteiger partial charge in [0.1, 0.15) is 6.33 Å². The van der Waals surface area contributed by atoms with Gasteiger partial charge in [0.15, 0.2) is 5.13 Å². The summed E-state index contributed by atoms with van der Waals surface area (Å²) < 4.78 is 6.22. The predicted molar refractivity (Wildman–Crippen MR) is 94.6 cm³/mol. The highest BCUT2D eigenvalue weighted by Gasteiger charge is 2.17. The maximum absolute atomic E-state index is 12.6. The van der Waals surface area contributed by atoms with Crippen LogP contribution in [0, 0.1) is 0 Å².